The van der Waals surface area contributed by atoms with E-state index in [0.717, 1.165) is 23.4 Å². The molecule has 0 radical (unpaired) electrons. The quantitative estimate of drug-likeness (QED) is 0.727. The largest absolute Gasteiger partial charge is 0.397 e. The van der Waals surface area contributed by atoms with Gasteiger partial charge in [0.25, 0.3) is 5.91 Å². The number of carbonyl (C=O) groups excluding carboxylic acids is 1. The van der Waals surface area contributed by atoms with Crippen LogP contribution in [0.2, 0.25) is 5.02 Å². The number of hydrogen-bond acceptors (Lipinski definition) is 3. The molecule has 2 aromatic rings. The molecule has 22 heavy (non-hydrogen) atoms. The third-order valence-electron chi connectivity index (χ3n) is 3.39. The van der Waals surface area contributed by atoms with E-state index in [2.05, 4.69) is 10.6 Å². The monoisotopic (exact) mass is 317 g/mol. The van der Waals surface area contributed by atoms with Crippen LogP contribution in [0, 0.1) is 6.92 Å². The molecule has 0 aromatic heterocycles. The fourth-order valence-corrected chi connectivity index (χ4v) is 2.22. The van der Waals surface area contributed by atoms with Crippen molar-refractivity contribution in [3.8, 4) is 0 Å². The number of hydrogen-bond donors (Lipinski definition) is 3. The topological polar surface area (TPSA) is 67.2 Å². The highest BCUT2D eigenvalue weighted by molar-refractivity contribution is 6.31. The van der Waals surface area contributed by atoms with Crippen molar-refractivity contribution in [1.29, 1.82) is 0 Å². The molecule has 0 atom stereocenters. The van der Waals surface area contributed by atoms with E-state index in [1.165, 1.54) is 0 Å². The Morgan fingerprint density at radius 3 is 2.68 bits per heavy atom. The molecule has 2 rings (SSSR count). The van der Waals surface area contributed by atoms with E-state index >= 15 is 0 Å². The number of carbonyl (C=O) groups is 1. The summed E-state index contributed by atoms with van der Waals surface area (Å²) in [6.45, 7) is 4.60. The van der Waals surface area contributed by atoms with E-state index in [1.54, 1.807) is 18.2 Å². The maximum Gasteiger partial charge on any atom is 0.251 e. The van der Waals surface area contributed by atoms with E-state index in [0.29, 0.717) is 22.8 Å². The van der Waals surface area contributed by atoms with E-state index in [1.807, 2.05) is 32.0 Å². The van der Waals surface area contributed by atoms with Gasteiger partial charge < -0.3 is 16.4 Å². The predicted molar refractivity (Wildman–Crippen MR) is 93.0 cm³/mol. The summed E-state index contributed by atoms with van der Waals surface area (Å²) in [5.74, 6) is -0.112. The van der Waals surface area contributed by atoms with Crippen molar-refractivity contribution in [2.24, 2.45) is 0 Å². The van der Waals surface area contributed by atoms with Gasteiger partial charge in [-0.25, -0.2) is 0 Å². The number of rotatable bonds is 5. The third kappa shape index (κ3) is 3.71. The summed E-state index contributed by atoms with van der Waals surface area (Å²) in [6.07, 6.45) is 0.898. The Morgan fingerprint density at radius 1 is 1.23 bits per heavy atom. The molecular weight excluding hydrogens is 298 g/mol. The molecule has 0 aliphatic rings. The Hall–Kier alpha value is -2.20. The normalized spacial score (nSPS) is 10.3. The van der Waals surface area contributed by atoms with E-state index in [4.69, 9.17) is 17.3 Å². The molecule has 0 fully saturated rings. The van der Waals surface area contributed by atoms with Crippen LogP contribution in [-0.2, 0) is 0 Å². The lowest BCUT2D eigenvalue weighted by Gasteiger charge is -2.13. The Kier molecular flexibility index (Phi) is 5.28. The van der Waals surface area contributed by atoms with Gasteiger partial charge in [0.15, 0.2) is 0 Å². The first-order valence-corrected chi connectivity index (χ1v) is 7.60. The predicted octanol–water partition coefficient (Wildman–Crippen LogP) is 4.11. The molecule has 0 saturated carbocycles. The molecule has 2 aromatic carbocycles. The molecule has 116 valence electrons. The van der Waals surface area contributed by atoms with Crippen molar-refractivity contribution in [2.45, 2.75) is 20.3 Å². The Balaban J connectivity index is 2.20. The van der Waals surface area contributed by atoms with Gasteiger partial charge in [-0.15, -0.1) is 0 Å². The van der Waals surface area contributed by atoms with Crippen molar-refractivity contribution in [2.75, 3.05) is 17.6 Å². The van der Waals surface area contributed by atoms with Gasteiger partial charge in [0.1, 0.15) is 0 Å². The van der Waals surface area contributed by atoms with Crippen molar-refractivity contribution in [1.82, 2.24) is 5.32 Å². The summed E-state index contributed by atoms with van der Waals surface area (Å²) in [5, 5.41) is 6.77. The van der Waals surface area contributed by atoms with Gasteiger partial charge in [-0.3, -0.25) is 4.79 Å². The summed E-state index contributed by atoms with van der Waals surface area (Å²) in [7, 11) is 0. The lowest BCUT2D eigenvalue weighted by molar-refractivity contribution is 0.0953. The maximum absolute atomic E-state index is 11.9. The lowest BCUT2D eigenvalue weighted by Crippen LogP contribution is -2.24. The van der Waals surface area contributed by atoms with Crippen LogP contribution in [0.5, 0.6) is 0 Å². The number of amides is 1. The van der Waals surface area contributed by atoms with Gasteiger partial charge in [-0.2, -0.15) is 0 Å². The molecule has 1 amide bonds. The van der Waals surface area contributed by atoms with Crippen LogP contribution in [0.1, 0.15) is 29.3 Å². The van der Waals surface area contributed by atoms with Crippen LogP contribution in [0.3, 0.4) is 0 Å². The molecule has 0 bridgehead atoms. The number of nitrogens with two attached hydrogens (primary N) is 1. The zero-order chi connectivity index (χ0) is 16.1. The summed E-state index contributed by atoms with van der Waals surface area (Å²) in [4.78, 5) is 11.9. The number of halogens is 1. The molecule has 0 saturated heterocycles. The van der Waals surface area contributed by atoms with Gasteiger partial charge in [0, 0.05) is 22.8 Å². The van der Waals surface area contributed by atoms with Crippen LogP contribution >= 0.6 is 11.6 Å². The minimum Gasteiger partial charge on any atom is -0.397 e. The third-order valence-corrected chi connectivity index (χ3v) is 3.80. The van der Waals surface area contributed by atoms with Crippen LogP contribution < -0.4 is 16.4 Å². The highest BCUT2D eigenvalue weighted by atomic mass is 35.5. The van der Waals surface area contributed by atoms with Gasteiger partial charge in [0.2, 0.25) is 0 Å². The maximum atomic E-state index is 11.9. The molecule has 4 N–H and O–H groups in total. The van der Waals surface area contributed by atoms with Crippen LogP contribution in [0.15, 0.2) is 36.4 Å². The van der Waals surface area contributed by atoms with Crippen LogP contribution in [0.4, 0.5) is 17.1 Å². The van der Waals surface area contributed by atoms with Crippen LogP contribution in [-0.4, -0.2) is 12.5 Å². The van der Waals surface area contributed by atoms with E-state index in [9.17, 15) is 4.79 Å². The van der Waals surface area contributed by atoms with Gasteiger partial charge >= 0.3 is 0 Å². The van der Waals surface area contributed by atoms with Crippen molar-refractivity contribution >= 4 is 34.6 Å². The van der Waals surface area contributed by atoms with E-state index < -0.39 is 0 Å². The minimum atomic E-state index is -0.112. The highest BCUT2D eigenvalue weighted by Crippen LogP contribution is 2.29. The molecule has 0 aliphatic carbocycles. The molecule has 4 nitrogen and oxygen atoms in total. The van der Waals surface area contributed by atoms with E-state index in [-0.39, 0.29) is 5.91 Å². The lowest BCUT2D eigenvalue weighted by atomic mass is 10.1. The molecule has 0 spiro atoms. The van der Waals surface area contributed by atoms with Crippen molar-refractivity contribution in [3.05, 3.63) is 52.5 Å². The minimum absolute atomic E-state index is 0.112. The zero-order valence-electron chi connectivity index (χ0n) is 12.7. The number of nitrogens with one attached hydrogen (secondary N) is 2. The van der Waals surface area contributed by atoms with Crippen molar-refractivity contribution < 1.29 is 4.79 Å². The molecular formula is C17H20ClN3O. The first-order chi connectivity index (χ1) is 10.5. The number of nitrogen functional groups attached to an aromatic ring is 1. The smallest absolute Gasteiger partial charge is 0.251 e. The summed E-state index contributed by atoms with van der Waals surface area (Å²) in [6, 6.07) is 10.9. The Labute approximate surface area is 135 Å². The standard InChI is InChI=1S/C17H20ClN3O/c1-3-9-20-17(22)12-7-8-16(14(19)10-12)21-15-6-4-5-13(18)11(15)2/h4-8,10,21H,3,9,19H2,1-2H3,(H,20,22). The van der Waals surface area contributed by atoms with Gasteiger partial charge in [-0.1, -0.05) is 24.6 Å². The second-order valence-corrected chi connectivity index (χ2v) is 5.50. The molecule has 0 heterocycles. The average Bonchev–Trinajstić information content (AvgIpc) is 2.51. The number of benzene rings is 2. The second kappa shape index (κ2) is 7.18. The fraction of sp³-hybridized carbons (Fsp3) is 0.235. The number of anilines is 3. The zero-order valence-corrected chi connectivity index (χ0v) is 13.5. The van der Waals surface area contributed by atoms with Gasteiger partial charge in [0.05, 0.1) is 11.4 Å². The Bertz CT molecular complexity index is 686. The summed E-state index contributed by atoms with van der Waals surface area (Å²) >= 11 is 6.11. The van der Waals surface area contributed by atoms with Crippen molar-refractivity contribution in [3.63, 3.8) is 0 Å². The first kappa shape index (κ1) is 16.2. The SMILES string of the molecule is CCCNC(=O)c1ccc(Nc2cccc(Cl)c2C)c(N)c1. The fourth-order valence-electron chi connectivity index (χ4n) is 2.05. The average molecular weight is 318 g/mol. The van der Waals surface area contributed by atoms with Crippen LogP contribution in [0.25, 0.3) is 0 Å². The first-order valence-electron chi connectivity index (χ1n) is 7.22. The second-order valence-electron chi connectivity index (χ2n) is 5.10. The summed E-state index contributed by atoms with van der Waals surface area (Å²) < 4.78 is 0. The summed E-state index contributed by atoms with van der Waals surface area (Å²) in [5.41, 5.74) is 9.71. The highest BCUT2D eigenvalue weighted by Gasteiger charge is 2.09. The molecule has 0 aliphatic heterocycles. The molecule has 0 unspecified atom stereocenters. The molecule has 5 heteroatoms. The van der Waals surface area contributed by atoms with Gasteiger partial charge in [-0.05, 0) is 49.2 Å². The Morgan fingerprint density at radius 2 is 2.00 bits per heavy atom.